The Morgan fingerprint density at radius 3 is 2.33 bits per heavy atom. The van der Waals surface area contributed by atoms with E-state index in [1.165, 1.54) is 5.39 Å². The quantitative estimate of drug-likeness (QED) is 0.513. The van der Waals surface area contributed by atoms with E-state index in [1.54, 1.807) is 0 Å². The first-order valence-corrected chi connectivity index (χ1v) is 8.84. The average Bonchev–Trinajstić information content (AvgIpc) is 2.72. The van der Waals surface area contributed by atoms with Crippen LogP contribution in [0.25, 0.3) is 21.5 Å². The van der Waals surface area contributed by atoms with Crippen molar-refractivity contribution < 1.29 is 4.74 Å². The van der Waals surface area contributed by atoms with Gasteiger partial charge < -0.3 is 10.5 Å². The number of allylic oxidation sites excluding steroid dienone is 1. The first-order chi connectivity index (χ1) is 13.3. The molecule has 1 heterocycles. The number of nitrogens with zero attached hydrogens (tertiary/aromatic N) is 1. The minimum atomic E-state index is -0.255. The van der Waals surface area contributed by atoms with Crippen LogP contribution in [0.15, 0.2) is 90.3 Å². The van der Waals surface area contributed by atoms with Gasteiger partial charge in [-0.25, -0.2) is 0 Å². The van der Waals surface area contributed by atoms with E-state index in [0.717, 1.165) is 27.3 Å². The summed E-state index contributed by atoms with van der Waals surface area (Å²) in [5, 5.41) is 14.3. The second kappa shape index (κ2) is 5.89. The Labute approximate surface area is 156 Å². The lowest BCUT2D eigenvalue weighted by atomic mass is 9.80. The van der Waals surface area contributed by atoms with E-state index in [9.17, 15) is 5.26 Å². The number of nitriles is 1. The molecule has 4 aromatic rings. The molecule has 0 fully saturated rings. The molecule has 0 aliphatic carbocycles. The van der Waals surface area contributed by atoms with Gasteiger partial charge in [0.1, 0.15) is 17.4 Å². The summed E-state index contributed by atoms with van der Waals surface area (Å²) in [6.07, 6.45) is 0. The molecule has 0 radical (unpaired) electrons. The number of ether oxygens (including phenoxy) is 1. The van der Waals surface area contributed by atoms with Gasteiger partial charge in [0.2, 0.25) is 5.88 Å². The largest absolute Gasteiger partial charge is 0.440 e. The van der Waals surface area contributed by atoms with Gasteiger partial charge in [-0.05, 0) is 33.2 Å². The van der Waals surface area contributed by atoms with Crippen molar-refractivity contribution in [2.75, 3.05) is 0 Å². The molecule has 27 heavy (non-hydrogen) atoms. The molecule has 2 N–H and O–H groups in total. The van der Waals surface area contributed by atoms with Crippen LogP contribution in [-0.4, -0.2) is 0 Å². The fraction of sp³-hybridized carbons (Fsp3) is 0.0417. The fourth-order valence-electron chi connectivity index (χ4n) is 3.96. The summed E-state index contributed by atoms with van der Waals surface area (Å²) in [5.41, 5.74) is 8.61. The lowest BCUT2D eigenvalue weighted by molar-refractivity contribution is 0.395. The van der Waals surface area contributed by atoms with Crippen LogP contribution in [-0.2, 0) is 0 Å². The lowest BCUT2D eigenvalue weighted by Gasteiger charge is -2.28. The topological polar surface area (TPSA) is 59.0 Å². The zero-order valence-electron chi connectivity index (χ0n) is 14.5. The van der Waals surface area contributed by atoms with Crippen molar-refractivity contribution in [1.29, 1.82) is 5.26 Å². The summed E-state index contributed by atoms with van der Waals surface area (Å²) in [5.74, 6) is 0.635. The summed E-state index contributed by atoms with van der Waals surface area (Å²) in [6.45, 7) is 0. The molecule has 1 aliphatic rings. The minimum absolute atomic E-state index is 0.179. The first kappa shape index (κ1) is 15.5. The molecule has 128 valence electrons. The molecule has 3 heteroatoms. The van der Waals surface area contributed by atoms with Crippen LogP contribution >= 0.6 is 0 Å². The monoisotopic (exact) mass is 348 g/mol. The van der Waals surface area contributed by atoms with Crippen molar-refractivity contribution in [2.45, 2.75) is 5.92 Å². The summed E-state index contributed by atoms with van der Waals surface area (Å²) >= 11 is 0. The number of benzene rings is 4. The number of hydrogen-bond acceptors (Lipinski definition) is 3. The predicted molar refractivity (Wildman–Crippen MR) is 107 cm³/mol. The lowest BCUT2D eigenvalue weighted by Crippen LogP contribution is -2.21. The zero-order valence-corrected chi connectivity index (χ0v) is 14.5. The highest BCUT2D eigenvalue weighted by Gasteiger charge is 2.32. The first-order valence-electron chi connectivity index (χ1n) is 8.84. The standard InChI is InChI=1S/C24H16N2O/c25-14-20-22(18-10-9-15-5-1-2-7-17(15)13-18)23-19-8-4-3-6-16(19)11-12-21(23)27-24(20)26/h1-13,22H,26H2/t22-/m0/s1. The van der Waals surface area contributed by atoms with Gasteiger partial charge in [0.05, 0.1) is 5.92 Å². The summed E-state index contributed by atoms with van der Waals surface area (Å²) in [7, 11) is 0. The SMILES string of the molecule is N#CC1=C(N)Oc2ccc3ccccc3c2[C@H]1c1ccc2ccccc2c1. The van der Waals surface area contributed by atoms with Gasteiger partial charge in [-0.2, -0.15) is 5.26 Å². The minimum Gasteiger partial charge on any atom is -0.440 e. The van der Waals surface area contributed by atoms with E-state index in [4.69, 9.17) is 10.5 Å². The normalized spacial score (nSPS) is 16.0. The molecule has 1 atom stereocenters. The van der Waals surface area contributed by atoms with Crippen molar-refractivity contribution in [1.82, 2.24) is 0 Å². The van der Waals surface area contributed by atoms with Gasteiger partial charge in [-0.15, -0.1) is 0 Å². The van der Waals surface area contributed by atoms with Gasteiger partial charge in [-0.3, -0.25) is 0 Å². The molecule has 0 bridgehead atoms. The van der Waals surface area contributed by atoms with Crippen LogP contribution in [0.5, 0.6) is 5.75 Å². The smallest absolute Gasteiger partial charge is 0.205 e. The Hall–Kier alpha value is -3.77. The number of rotatable bonds is 1. The van der Waals surface area contributed by atoms with Gasteiger partial charge in [0, 0.05) is 5.56 Å². The van der Waals surface area contributed by atoms with Crippen molar-refractivity contribution in [3.63, 3.8) is 0 Å². The van der Waals surface area contributed by atoms with Crippen LogP contribution in [0.3, 0.4) is 0 Å². The highest BCUT2D eigenvalue weighted by Crippen LogP contribution is 2.45. The van der Waals surface area contributed by atoms with Crippen LogP contribution in [0, 0.1) is 11.3 Å². The summed E-state index contributed by atoms with van der Waals surface area (Å²) in [6, 6.07) is 28.9. The Morgan fingerprint density at radius 2 is 1.52 bits per heavy atom. The van der Waals surface area contributed by atoms with Crippen LogP contribution in [0.1, 0.15) is 17.0 Å². The van der Waals surface area contributed by atoms with Crippen molar-refractivity contribution in [2.24, 2.45) is 5.73 Å². The highest BCUT2D eigenvalue weighted by atomic mass is 16.5. The average molecular weight is 348 g/mol. The number of fused-ring (bicyclic) bond motifs is 4. The Balaban J connectivity index is 1.84. The Kier molecular flexibility index (Phi) is 3.38. The molecule has 0 saturated carbocycles. The maximum absolute atomic E-state index is 9.84. The zero-order chi connectivity index (χ0) is 18.4. The van der Waals surface area contributed by atoms with E-state index in [0.29, 0.717) is 11.3 Å². The summed E-state index contributed by atoms with van der Waals surface area (Å²) in [4.78, 5) is 0. The maximum Gasteiger partial charge on any atom is 0.205 e. The van der Waals surface area contributed by atoms with Crippen LogP contribution < -0.4 is 10.5 Å². The van der Waals surface area contributed by atoms with E-state index < -0.39 is 0 Å². The van der Waals surface area contributed by atoms with Gasteiger partial charge in [0.25, 0.3) is 0 Å². The second-order valence-corrected chi connectivity index (χ2v) is 6.73. The second-order valence-electron chi connectivity index (χ2n) is 6.73. The predicted octanol–water partition coefficient (Wildman–Crippen LogP) is 5.21. The summed E-state index contributed by atoms with van der Waals surface area (Å²) < 4.78 is 5.82. The molecule has 0 spiro atoms. The Morgan fingerprint density at radius 1 is 0.815 bits per heavy atom. The van der Waals surface area contributed by atoms with Gasteiger partial charge >= 0.3 is 0 Å². The van der Waals surface area contributed by atoms with Crippen molar-refractivity contribution in [3.8, 4) is 11.8 Å². The molecule has 4 aromatic carbocycles. The van der Waals surface area contributed by atoms with Gasteiger partial charge in [0.15, 0.2) is 0 Å². The molecular weight excluding hydrogens is 332 g/mol. The third kappa shape index (κ3) is 2.35. The number of hydrogen-bond donors (Lipinski definition) is 1. The number of nitrogens with two attached hydrogens (primary N) is 1. The maximum atomic E-state index is 9.84. The van der Waals surface area contributed by atoms with Crippen molar-refractivity contribution in [3.05, 3.63) is 101 Å². The molecule has 0 unspecified atom stereocenters. The molecule has 5 rings (SSSR count). The molecule has 0 aromatic heterocycles. The fourth-order valence-corrected chi connectivity index (χ4v) is 3.96. The molecular formula is C24H16N2O. The van der Waals surface area contributed by atoms with E-state index in [-0.39, 0.29) is 11.8 Å². The Bertz CT molecular complexity index is 1280. The van der Waals surface area contributed by atoms with E-state index in [2.05, 4.69) is 48.5 Å². The molecule has 1 aliphatic heterocycles. The third-order valence-electron chi connectivity index (χ3n) is 5.22. The van der Waals surface area contributed by atoms with Crippen molar-refractivity contribution >= 4 is 21.5 Å². The van der Waals surface area contributed by atoms with E-state index >= 15 is 0 Å². The van der Waals surface area contributed by atoms with Gasteiger partial charge in [-0.1, -0.05) is 72.8 Å². The molecule has 3 nitrogen and oxygen atoms in total. The third-order valence-corrected chi connectivity index (χ3v) is 5.22. The highest BCUT2D eigenvalue weighted by molar-refractivity contribution is 5.91. The van der Waals surface area contributed by atoms with E-state index in [1.807, 2.05) is 36.4 Å². The molecule has 0 saturated heterocycles. The van der Waals surface area contributed by atoms with Crippen LogP contribution in [0.4, 0.5) is 0 Å². The molecule has 0 amide bonds. The van der Waals surface area contributed by atoms with Crippen LogP contribution in [0.2, 0.25) is 0 Å².